The molecular weight excluding hydrogens is 294 g/mol. The van der Waals surface area contributed by atoms with Gasteiger partial charge in [0, 0.05) is 24.7 Å². The van der Waals surface area contributed by atoms with Gasteiger partial charge in [-0.25, -0.2) is 0 Å². The van der Waals surface area contributed by atoms with Crippen molar-refractivity contribution in [3.05, 3.63) is 65.7 Å². The lowest BCUT2D eigenvalue weighted by molar-refractivity contribution is -0.119. The van der Waals surface area contributed by atoms with Crippen molar-refractivity contribution in [1.29, 1.82) is 5.41 Å². The lowest BCUT2D eigenvalue weighted by atomic mass is 10.1. The Morgan fingerprint density at radius 3 is 2.55 bits per heavy atom. The van der Waals surface area contributed by atoms with Crippen molar-refractivity contribution in [2.24, 2.45) is 5.73 Å². The van der Waals surface area contributed by atoms with E-state index in [9.17, 15) is 4.79 Å². The van der Waals surface area contributed by atoms with Gasteiger partial charge < -0.3 is 10.6 Å². The lowest BCUT2D eigenvalue weighted by Gasteiger charge is -2.22. The van der Waals surface area contributed by atoms with Crippen LogP contribution in [0.5, 0.6) is 0 Å². The quantitative estimate of drug-likeness (QED) is 0.520. The second kappa shape index (κ2) is 5.59. The number of hydrogen-bond donors (Lipinski definition) is 2. The van der Waals surface area contributed by atoms with E-state index in [1.54, 1.807) is 11.9 Å². The summed E-state index contributed by atoms with van der Waals surface area (Å²) < 4.78 is 0. The van der Waals surface area contributed by atoms with Crippen LogP contribution in [-0.2, 0) is 16.1 Å². The number of carbonyl (C=O) groups is 1. The molecule has 1 atom stereocenters. The van der Waals surface area contributed by atoms with Gasteiger partial charge in [-0.2, -0.15) is 0 Å². The van der Waals surface area contributed by atoms with Crippen molar-refractivity contribution in [3.63, 3.8) is 0 Å². The first-order valence-corrected chi connectivity index (χ1v) is 7.81. The molecule has 1 amide bonds. The molecule has 0 bridgehead atoms. The number of fused-ring (bicyclic) bond motifs is 1. The van der Waals surface area contributed by atoms with Crippen LogP contribution in [0.1, 0.15) is 11.1 Å². The molecule has 112 valence electrons. The maximum absolute atomic E-state index is 12.6. The van der Waals surface area contributed by atoms with E-state index in [-0.39, 0.29) is 5.91 Å². The van der Waals surface area contributed by atoms with Crippen LogP contribution in [0.2, 0.25) is 0 Å². The van der Waals surface area contributed by atoms with Crippen molar-refractivity contribution < 1.29 is 4.79 Å². The third kappa shape index (κ3) is 2.42. The van der Waals surface area contributed by atoms with Crippen LogP contribution in [0.3, 0.4) is 0 Å². The maximum Gasteiger partial charge on any atom is 0.262 e. The highest BCUT2D eigenvalue weighted by Gasteiger charge is 2.48. The van der Waals surface area contributed by atoms with Gasteiger partial charge in [0.2, 0.25) is 0 Å². The predicted molar refractivity (Wildman–Crippen MR) is 91.2 cm³/mol. The smallest absolute Gasteiger partial charge is 0.262 e. The van der Waals surface area contributed by atoms with E-state index in [4.69, 9.17) is 11.1 Å². The van der Waals surface area contributed by atoms with E-state index in [0.29, 0.717) is 11.5 Å². The third-order valence-corrected chi connectivity index (χ3v) is 4.89. The zero-order valence-corrected chi connectivity index (χ0v) is 13.1. The van der Waals surface area contributed by atoms with E-state index in [2.05, 4.69) is 0 Å². The molecule has 4 nitrogen and oxygen atoms in total. The number of carbonyl (C=O) groups excluding carboxylic acids is 1. The number of nitrogens with two attached hydrogens (primary N) is 1. The fourth-order valence-electron chi connectivity index (χ4n) is 2.66. The molecule has 0 aromatic heterocycles. The molecule has 0 aliphatic carbocycles. The lowest BCUT2D eigenvalue weighted by Crippen LogP contribution is -2.44. The number of amides is 1. The average molecular weight is 311 g/mol. The van der Waals surface area contributed by atoms with Gasteiger partial charge in [-0.1, -0.05) is 60.3 Å². The number of benzene rings is 2. The van der Waals surface area contributed by atoms with Gasteiger partial charge in [0.25, 0.3) is 5.91 Å². The summed E-state index contributed by atoms with van der Waals surface area (Å²) in [5, 5.41) is 8.61. The molecule has 0 saturated heterocycles. The molecule has 3 rings (SSSR count). The largest absolute Gasteiger partial charge is 0.312 e. The number of rotatable bonds is 3. The molecule has 0 saturated carbocycles. The van der Waals surface area contributed by atoms with Gasteiger partial charge >= 0.3 is 0 Å². The number of hydrogen-bond acceptors (Lipinski definition) is 4. The van der Waals surface area contributed by atoms with Gasteiger partial charge in [0.05, 0.1) is 5.04 Å². The van der Waals surface area contributed by atoms with Crippen molar-refractivity contribution >= 4 is 28.4 Å². The van der Waals surface area contributed by atoms with Crippen LogP contribution in [0, 0.1) is 5.41 Å². The van der Waals surface area contributed by atoms with Gasteiger partial charge in [-0.15, -0.1) is 0 Å². The molecule has 2 aromatic rings. The zero-order chi connectivity index (χ0) is 15.7. The first-order chi connectivity index (χ1) is 10.5. The van der Waals surface area contributed by atoms with Crippen LogP contribution >= 0.6 is 11.8 Å². The normalized spacial score (nSPS) is 20.1. The Morgan fingerprint density at radius 1 is 1.18 bits per heavy atom. The monoisotopic (exact) mass is 311 g/mol. The van der Waals surface area contributed by atoms with Crippen LogP contribution in [-0.4, -0.2) is 18.0 Å². The highest BCUT2D eigenvalue weighted by Crippen LogP contribution is 2.45. The highest BCUT2D eigenvalue weighted by molar-refractivity contribution is 8.15. The molecule has 5 heteroatoms. The molecule has 0 radical (unpaired) electrons. The Hall–Kier alpha value is -2.11. The van der Waals surface area contributed by atoms with Gasteiger partial charge in [0.15, 0.2) is 4.87 Å². The summed E-state index contributed by atoms with van der Waals surface area (Å²) in [5.74, 6) is -0.184. The van der Waals surface area contributed by atoms with E-state index >= 15 is 0 Å². The Kier molecular flexibility index (Phi) is 3.76. The minimum atomic E-state index is -1.21. The first kappa shape index (κ1) is 14.8. The second-order valence-corrected chi connectivity index (χ2v) is 6.65. The fourth-order valence-corrected chi connectivity index (χ4v) is 3.80. The fraction of sp³-hybridized carbons (Fsp3) is 0.176. The summed E-state index contributed by atoms with van der Waals surface area (Å²) >= 11 is 1.13. The number of likely N-dealkylation sites (N-methyl/N-ethyl adjacent to an activating group) is 1. The molecule has 1 heterocycles. The molecule has 1 aliphatic heterocycles. The summed E-state index contributed by atoms with van der Waals surface area (Å²) in [7, 11) is 1.72. The number of thioether (sulfide) groups is 1. The molecular formula is C17H17N3OS. The van der Waals surface area contributed by atoms with Crippen molar-refractivity contribution in [1.82, 2.24) is 0 Å². The van der Waals surface area contributed by atoms with Crippen LogP contribution in [0.25, 0.3) is 0 Å². The first-order valence-electron chi connectivity index (χ1n) is 6.99. The molecule has 2 aromatic carbocycles. The molecule has 0 fully saturated rings. The van der Waals surface area contributed by atoms with Crippen molar-refractivity contribution in [2.75, 3.05) is 11.9 Å². The van der Waals surface area contributed by atoms with Crippen LogP contribution < -0.4 is 10.6 Å². The van der Waals surface area contributed by atoms with Gasteiger partial charge in [-0.05, 0) is 11.6 Å². The minimum absolute atomic E-state index is 0.184. The molecule has 3 N–H and O–H groups in total. The topological polar surface area (TPSA) is 70.2 Å². The highest BCUT2D eigenvalue weighted by atomic mass is 32.2. The number of anilines is 1. The number of nitrogens with zero attached hydrogens (tertiary/aromatic N) is 1. The standard InChI is InChI=1S/C17H17N3OS/c1-20-14-10-6-5-9-13(14)17(19,16(20)21)22-15(18)11-12-7-3-2-4-8-12/h2-10,18H,11,19H2,1H3. The average Bonchev–Trinajstić information content (AvgIpc) is 2.71. The number of para-hydroxylation sites is 1. The third-order valence-electron chi connectivity index (χ3n) is 3.78. The van der Waals surface area contributed by atoms with Crippen molar-refractivity contribution in [2.45, 2.75) is 11.3 Å². The summed E-state index contributed by atoms with van der Waals surface area (Å²) in [6.07, 6.45) is 0.476. The summed E-state index contributed by atoms with van der Waals surface area (Å²) in [6.45, 7) is 0. The molecule has 0 spiro atoms. The van der Waals surface area contributed by atoms with Gasteiger partial charge in [0.1, 0.15) is 0 Å². The maximum atomic E-state index is 12.6. The Morgan fingerprint density at radius 2 is 1.82 bits per heavy atom. The minimum Gasteiger partial charge on any atom is -0.312 e. The number of nitrogens with one attached hydrogen (secondary N) is 1. The Labute approximate surface area is 133 Å². The summed E-state index contributed by atoms with van der Waals surface area (Å²) in [6, 6.07) is 17.2. The SMILES string of the molecule is CN1C(=O)C(N)(SC(=N)Cc2ccccc2)c2ccccc21. The van der Waals surface area contributed by atoms with Crippen LogP contribution in [0.15, 0.2) is 54.6 Å². The van der Waals surface area contributed by atoms with E-state index in [1.165, 1.54) is 0 Å². The molecule has 22 heavy (non-hydrogen) atoms. The van der Waals surface area contributed by atoms with Gasteiger partial charge in [-0.3, -0.25) is 10.2 Å². The van der Waals surface area contributed by atoms with Crippen molar-refractivity contribution in [3.8, 4) is 0 Å². The molecule has 1 aliphatic rings. The summed E-state index contributed by atoms with van der Waals surface area (Å²) in [4.78, 5) is 12.9. The van der Waals surface area contributed by atoms with Crippen LogP contribution in [0.4, 0.5) is 5.69 Å². The Balaban J connectivity index is 1.85. The Bertz CT molecular complexity index is 732. The second-order valence-electron chi connectivity index (χ2n) is 5.30. The zero-order valence-electron chi connectivity index (χ0n) is 12.2. The predicted octanol–water partition coefficient (Wildman–Crippen LogP) is 2.73. The van der Waals surface area contributed by atoms with E-state index in [1.807, 2.05) is 54.6 Å². The van der Waals surface area contributed by atoms with E-state index < -0.39 is 4.87 Å². The molecule has 1 unspecified atom stereocenters. The van der Waals surface area contributed by atoms with E-state index in [0.717, 1.165) is 28.6 Å². The summed E-state index contributed by atoms with van der Waals surface area (Å²) in [5.41, 5.74) is 9.01.